The summed E-state index contributed by atoms with van der Waals surface area (Å²) in [7, 11) is 0. The van der Waals surface area contributed by atoms with E-state index in [1.165, 1.54) is 19.9 Å². The van der Waals surface area contributed by atoms with Crippen LogP contribution in [0.2, 0.25) is 0 Å². The summed E-state index contributed by atoms with van der Waals surface area (Å²) < 4.78 is 15.8. The lowest BCUT2D eigenvalue weighted by molar-refractivity contribution is -0.222. The molecule has 5 heteroatoms. The molecular weight excluding hydrogens is 296 g/mol. The summed E-state index contributed by atoms with van der Waals surface area (Å²) >= 11 is 0. The van der Waals surface area contributed by atoms with Crippen LogP contribution in [0.25, 0.3) is 6.08 Å². The van der Waals surface area contributed by atoms with Crippen molar-refractivity contribution in [3.05, 3.63) is 41.0 Å². The Bertz CT molecular complexity index is 608. The predicted molar refractivity (Wildman–Crippen MR) is 85.2 cm³/mol. The van der Waals surface area contributed by atoms with Gasteiger partial charge in [-0.25, -0.2) is 9.59 Å². The van der Waals surface area contributed by atoms with Gasteiger partial charge in [-0.3, -0.25) is 0 Å². The summed E-state index contributed by atoms with van der Waals surface area (Å²) in [4.78, 5) is 23.9. The highest BCUT2D eigenvalue weighted by molar-refractivity contribution is 6.18. The molecule has 23 heavy (non-hydrogen) atoms. The van der Waals surface area contributed by atoms with Gasteiger partial charge in [0, 0.05) is 13.8 Å². The molecular formula is C18H22O5. The van der Waals surface area contributed by atoms with Gasteiger partial charge in [-0.15, -0.1) is 0 Å². The zero-order valence-electron chi connectivity index (χ0n) is 13.9. The minimum absolute atomic E-state index is 0.107. The smallest absolute Gasteiger partial charge is 0.348 e. The molecule has 124 valence electrons. The van der Waals surface area contributed by atoms with E-state index in [1.807, 2.05) is 25.1 Å². The van der Waals surface area contributed by atoms with E-state index in [4.69, 9.17) is 14.2 Å². The molecule has 1 aromatic rings. The van der Waals surface area contributed by atoms with E-state index in [0.717, 1.165) is 17.5 Å². The molecule has 1 fully saturated rings. The molecule has 1 atom stereocenters. The van der Waals surface area contributed by atoms with E-state index in [2.05, 4.69) is 6.92 Å². The Balaban J connectivity index is 2.16. The van der Waals surface area contributed by atoms with Crippen LogP contribution in [0.1, 0.15) is 45.2 Å². The standard InChI is InChI=1S/C18H22O5/c1-5-12(2)21-11-14-8-6-7-13(9-14)10-15-16(19)22-18(3,4)23-17(15)20/h6-10,12H,5,11H2,1-4H3. The van der Waals surface area contributed by atoms with Crippen LogP contribution in [0.4, 0.5) is 0 Å². The van der Waals surface area contributed by atoms with Gasteiger partial charge in [-0.1, -0.05) is 25.1 Å². The summed E-state index contributed by atoms with van der Waals surface area (Å²) in [5.41, 5.74) is 1.58. The Hall–Kier alpha value is -2.14. The van der Waals surface area contributed by atoms with Gasteiger partial charge in [0.25, 0.3) is 5.79 Å². The summed E-state index contributed by atoms with van der Waals surface area (Å²) in [5, 5.41) is 0. The Morgan fingerprint density at radius 1 is 1.22 bits per heavy atom. The second-order valence-corrected chi connectivity index (χ2v) is 6.01. The Kier molecular flexibility index (Phi) is 5.21. The highest BCUT2D eigenvalue weighted by Crippen LogP contribution is 2.24. The monoisotopic (exact) mass is 318 g/mol. The lowest BCUT2D eigenvalue weighted by atomic mass is 10.1. The quantitative estimate of drug-likeness (QED) is 0.474. The zero-order chi connectivity index (χ0) is 17.0. The molecule has 2 rings (SSSR count). The summed E-state index contributed by atoms with van der Waals surface area (Å²) in [6.45, 7) is 7.60. The van der Waals surface area contributed by atoms with E-state index < -0.39 is 17.7 Å². The van der Waals surface area contributed by atoms with Gasteiger partial charge in [0.1, 0.15) is 5.57 Å². The Labute approximate surface area is 136 Å². The molecule has 0 saturated carbocycles. The molecule has 1 saturated heterocycles. The van der Waals surface area contributed by atoms with Crippen LogP contribution < -0.4 is 0 Å². The largest absolute Gasteiger partial charge is 0.419 e. The average Bonchev–Trinajstić information content (AvgIpc) is 2.48. The SMILES string of the molecule is CCC(C)OCc1cccc(C=C2C(=O)OC(C)(C)OC2=O)c1. The minimum Gasteiger partial charge on any atom is -0.419 e. The number of hydrogen-bond donors (Lipinski definition) is 0. The molecule has 1 aliphatic rings. The van der Waals surface area contributed by atoms with Gasteiger partial charge >= 0.3 is 11.9 Å². The average molecular weight is 318 g/mol. The van der Waals surface area contributed by atoms with E-state index in [0.29, 0.717) is 6.61 Å². The number of rotatable bonds is 5. The van der Waals surface area contributed by atoms with Crippen LogP contribution in [-0.4, -0.2) is 23.8 Å². The van der Waals surface area contributed by atoms with Crippen LogP contribution in [0.5, 0.6) is 0 Å². The van der Waals surface area contributed by atoms with Gasteiger partial charge in [0.2, 0.25) is 0 Å². The first-order valence-electron chi connectivity index (χ1n) is 7.69. The van der Waals surface area contributed by atoms with Crippen molar-refractivity contribution in [1.29, 1.82) is 0 Å². The van der Waals surface area contributed by atoms with E-state index in [9.17, 15) is 9.59 Å². The van der Waals surface area contributed by atoms with Crippen molar-refractivity contribution in [3.8, 4) is 0 Å². The first kappa shape index (κ1) is 17.2. The molecule has 0 spiro atoms. The van der Waals surface area contributed by atoms with Crippen LogP contribution >= 0.6 is 0 Å². The van der Waals surface area contributed by atoms with E-state index in [1.54, 1.807) is 6.07 Å². The minimum atomic E-state index is -1.22. The van der Waals surface area contributed by atoms with Crippen molar-refractivity contribution in [2.24, 2.45) is 0 Å². The Morgan fingerprint density at radius 3 is 2.48 bits per heavy atom. The second-order valence-electron chi connectivity index (χ2n) is 6.01. The summed E-state index contributed by atoms with van der Waals surface area (Å²) in [5.74, 6) is -2.57. The summed E-state index contributed by atoms with van der Waals surface area (Å²) in [6.07, 6.45) is 2.60. The third-order valence-electron chi connectivity index (χ3n) is 3.49. The highest BCUT2D eigenvalue weighted by Gasteiger charge is 2.38. The lowest BCUT2D eigenvalue weighted by Crippen LogP contribution is -2.41. The first-order valence-corrected chi connectivity index (χ1v) is 7.69. The van der Waals surface area contributed by atoms with Crippen LogP contribution in [0.15, 0.2) is 29.8 Å². The van der Waals surface area contributed by atoms with Crippen molar-refractivity contribution in [2.75, 3.05) is 0 Å². The fourth-order valence-electron chi connectivity index (χ4n) is 2.07. The third-order valence-corrected chi connectivity index (χ3v) is 3.49. The van der Waals surface area contributed by atoms with Crippen LogP contribution in [-0.2, 0) is 30.4 Å². The molecule has 1 aromatic carbocycles. The maximum atomic E-state index is 11.9. The number of cyclic esters (lactones) is 2. The zero-order valence-corrected chi connectivity index (χ0v) is 13.9. The predicted octanol–water partition coefficient (Wildman–Crippen LogP) is 3.22. The molecule has 0 aromatic heterocycles. The topological polar surface area (TPSA) is 61.8 Å². The third kappa shape index (κ3) is 4.66. The van der Waals surface area contributed by atoms with E-state index >= 15 is 0 Å². The maximum absolute atomic E-state index is 11.9. The second kappa shape index (κ2) is 6.96. The molecule has 0 N–H and O–H groups in total. The fourth-order valence-corrected chi connectivity index (χ4v) is 2.07. The van der Waals surface area contributed by atoms with Gasteiger partial charge in [0.15, 0.2) is 0 Å². The highest BCUT2D eigenvalue weighted by atomic mass is 16.7. The Morgan fingerprint density at radius 2 is 1.87 bits per heavy atom. The number of carbonyl (C=O) groups excluding carboxylic acids is 2. The van der Waals surface area contributed by atoms with Gasteiger partial charge in [0.05, 0.1) is 12.7 Å². The number of carbonyl (C=O) groups is 2. The molecule has 0 aliphatic carbocycles. The first-order chi connectivity index (χ1) is 10.8. The maximum Gasteiger partial charge on any atom is 0.348 e. The van der Waals surface area contributed by atoms with Gasteiger partial charge < -0.3 is 14.2 Å². The van der Waals surface area contributed by atoms with Gasteiger partial charge in [-0.05, 0) is 36.6 Å². The molecule has 1 unspecified atom stereocenters. The van der Waals surface area contributed by atoms with Crippen molar-refractivity contribution < 1.29 is 23.8 Å². The molecule has 0 amide bonds. The molecule has 0 radical (unpaired) electrons. The molecule has 1 aliphatic heterocycles. The van der Waals surface area contributed by atoms with Crippen molar-refractivity contribution in [2.45, 2.75) is 52.6 Å². The normalized spacial score (nSPS) is 18.2. The van der Waals surface area contributed by atoms with Crippen molar-refractivity contribution in [1.82, 2.24) is 0 Å². The molecule has 0 bridgehead atoms. The molecule has 5 nitrogen and oxygen atoms in total. The number of esters is 2. The van der Waals surface area contributed by atoms with Crippen molar-refractivity contribution in [3.63, 3.8) is 0 Å². The van der Waals surface area contributed by atoms with Crippen LogP contribution in [0.3, 0.4) is 0 Å². The number of ether oxygens (including phenoxy) is 3. The van der Waals surface area contributed by atoms with Crippen LogP contribution in [0, 0.1) is 0 Å². The number of benzene rings is 1. The number of hydrogen-bond acceptors (Lipinski definition) is 5. The lowest BCUT2D eigenvalue weighted by Gasteiger charge is -2.29. The fraction of sp³-hybridized carbons (Fsp3) is 0.444. The summed E-state index contributed by atoms with van der Waals surface area (Å²) in [6, 6.07) is 7.46. The van der Waals surface area contributed by atoms with Gasteiger partial charge in [-0.2, -0.15) is 0 Å². The van der Waals surface area contributed by atoms with Crippen molar-refractivity contribution >= 4 is 18.0 Å². The van der Waals surface area contributed by atoms with E-state index in [-0.39, 0.29) is 11.7 Å². The molecule has 1 heterocycles.